The van der Waals surface area contributed by atoms with E-state index in [4.69, 9.17) is 0 Å². The molecule has 0 atom stereocenters. The van der Waals surface area contributed by atoms with Gasteiger partial charge in [-0.1, -0.05) is 30.4 Å². The fourth-order valence-electron chi connectivity index (χ4n) is 2.45. The van der Waals surface area contributed by atoms with Crippen LogP contribution in [0.1, 0.15) is 56.4 Å². The van der Waals surface area contributed by atoms with E-state index in [1.807, 2.05) is 65.8 Å². The third-order valence-corrected chi connectivity index (χ3v) is 3.69. The summed E-state index contributed by atoms with van der Waals surface area (Å²) in [6.45, 7) is 15.6. The molecule has 0 saturated carbocycles. The largest absolute Gasteiger partial charge is 0.347 e. The lowest BCUT2D eigenvalue weighted by Crippen LogP contribution is -2.40. The van der Waals surface area contributed by atoms with E-state index in [-0.39, 0.29) is 11.4 Å². The molecule has 1 N–H and O–H groups in total. The molecule has 142 valence electrons. The van der Waals surface area contributed by atoms with Crippen molar-refractivity contribution in [1.29, 1.82) is 0 Å². The lowest BCUT2D eigenvalue weighted by molar-refractivity contribution is 0.0919. The molecule has 2 aromatic rings. The fraction of sp³-hybridized carbons (Fsp3) is 0.333. The zero-order valence-corrected chi connectivity index (χ0v) is 16.9. The van der Waals surface area contributed by atoms with Crippen LogP contribution in [0.4, 0.5) is 0 Å². The van der Waals surface area contributed by atoms with Gasteiger partial charge in [-0.3, -0.25) is 4.79 Å². The minimum absolute atomic E-state index is 0.151. The summed E-state index contributed by atoms with van der Waals surface area (Å²) in [7, 11) is 0. The third kappa shape index (κ3) is 5.48. The Hall–Kier alpha value is -3.02. The topological polar surface area (TPSA) is 72.7 Å². The molecule has 0 saturated heterocycles. The number of tetrazole rings is 1. The molecule has 0 spiro atoms. The molecule has 0 radical (unpaired) electrons. The second kappa shape index (κ2) is 8.12. The van der Waals surface area contributed by atoms with Crippen LogP contribution in [-0.2, 0) is 0 Å². The number of nitrogens with one attached hydrogen (secondary N) is 1. The second-order valence-electron chi connectivity index (χ2n) is 7.68. The van der Waals surface area contributed by atoms with Gasteiger partial charge in [0.25, 0.3) is 5.91 Å². The van der Waals surface area contributed by atoms with Crippen molar-refractivity contribution < 1.29 is 4.79 Å². The number of carbonyl (C=O) groups excluding carboxylic acids is 1. The molecular weight excluding hydrogens is 338 g/mol. The molecule has 1 aromatic heterocycles. The standard InChI is InChI=1S/C21H27N5O/c1-8-16(10-9-14(2)3)17-11-18(20(27)22-21(5,6)7)13-19(12-17)26-15(4)23-24-25-26/h8-13H,1H2,2-7H3,(H,22,27)/b16-10+. The number of amides is 1. The van der Waals surface area contributed by atoms with Crippen molar-refractivity contribution in [3.05, 3.63) is 65.5 Å². The fourth-order valence-corrected chi connectivity index (χ4v) is 2.45. The van der Waals surface area contributed by atoms with Crippen molar-refractivity contribution in [3.63, 3.8) is 0 Å². The average Bonchev–Trinajstić information content (AvgIpc) is 2.99. The highest BCUT2D eigenvalue weighted by Gasteiger charge is 2.18. The first kappa shape index (κ1) is 20.3. The van der Waals surface area contributed by atoms with Gasteiger partial charge in [-0.2, -0.15) is 4.68 Å². The van der Waals surface area contributed by atoms with E-state index in [0.29, 0.717) is 11.4 Å². The van der Waals surface area contributed by atoms with E-state index >= 15 is 0 Å². The van der Waals surface area contributed by atoms with Gasteiger partial charge in [0.1, 0.15) is 0 Å². The van der Waals surface area contributed by atoms with Crippen LogP contribution in [0.3, 0.4) is 0 Å². The summed E-state index contributed by atoms with van der Waals surface area (Å²) < 4.78 is 1.61. The van der Waals surface area contributed by atoms with Crippen LogP contribution >= 0.6 is 0 Å². The summed E-state index contributed by atoms with van der Waals surface area (Å²) in [6, 6.07) is 5.59. The molecule has 1 aromatic carbocycles. The summed E-state index contributed by atoms with van der Waals surface area (Å²) in [4.78, 5) is 12.8. The van der Waals surface area contributed by atoms with Gasteiger partial charge in [0.05, 0.1) is 5.69 Å². The molecule has 0 bridgehead atoms. The Morgan fingerprint density at radius 1 is 1.15 bits per heavy atom. The molecule has 0 aliphatic heterocycles. The van der Waals surface area contributed by atoms with Gasteiger partial charge >= 0.3 is 0 Å². The molecule has 6 nitrogen and oxygen atoms in total. The van der Waals surface area contributed by atoms with Crippen LogP contribution in [0, 0.1) is 6.92 Å². The average molecular weight is 365 g/mol. The monoisotopic (exact) mass is 365 g/mol. The van der Waals surface area contributed by atoms with E-state index in [1.54, 1.807) is 16.8 Å². The van der Waals surface area contributed by atoms with Crippen LogP contribution in [0.25, 0.3) is 11.3 Å². The van der Waals surface area contributed by atoms with Gasteiger partial charge < -0.3 is 5.32 Å². The Labute approximate surface area is 160 Å². The maximum absolute atomic E-state index is 12.8. The Morgan fingerprint density at radius 3 is 2.33 bits per heavy atom. The number of hydrogen-bond donors (Lipinski definition) is 1. The number of rotatable bonds is 5. The summed E-state index contributed by atoms with van der Waals surface area (Å²) in [5.41, 5.74) is 3.88. The molecule has 1 amide bonds. The van der Waals surface area contributed by atoms with Crippen molar-refractivity contribution >= 4 is 11.5 Å². The summed E-state index contributed by atoms with van der Waals surface area (Å²) in [5, 5.41) is 14.7. The minimum atomic E-state index is -0.336. The Morgan fingerprint density at radius 2 is 1.81 bits per heavy atom. The van der Waals surface area contributed by atoms with E-state index in [1.165, 1.54) is 5.57 Å². The van der Waals surface area contributed by atoms with Crippen molar-refractivity contribution in [2.75, 3.05) is 0 Å². The number of aryl methyl sites for hydroxylation is 1. The van der Waals surface area contributed by atoms with E-state index in [9.17, 15) is 4.79 Å². The number of hydrogen-bond acceptors (Lipinski definition) is 4. The van der Waals surface area contributed by atoms with E-state index < -0.39 is 0 Å². The van der Waals surface area contributed by atoms with Crippen LogP contribution < -0.4 is 5.32 Å². The molecule has 0 fully saturated rings. The number of aromatic nitrogens is 4. The predicted octanol–water partition coefficient (Wildman–Crippen LogP) is 4.03. The molecule has 27 heavy (non-hydrogen) atoms. The zero-order chi connectivity index (χ0) is 20.2. The first-order valence-corrected chi connectivity index (χ1v) is 8.81. The molecule has 0 aliphatic carbocycles. The van der Waals surface area contributed by atoms with Crippen LogP contribution in [0.5, 0.6) is 0 Å². The quantitative estimate of drug-likeness (QED) is 0.812. The molecular formula is C21H27N5O. The highest BCUT2D eigenvalue weighted by Crippen LogP contribution is 2.23. The lowest BCUT2D eigenvalue weighted by atomic mass is 10.00. The minimum Gasteiger partial charge on any atom is -0.347 e. The molecule has 6 heteroatoms. The third-order valence-electron chi connectivity index (χ3n) is 3.69. The van der Waals surface area contributed by atoms with Gasteiger partial charge in [-0.05, 0) is 81.3 Å². The Bertz CT molecular complexity index is 909. The maximum atomic E-state index is 12.8. The number of benzene rings is 1. The summed E-state index contributed by atoms with van der Waals surface area (Å²) in [6.07, 6.45) is 5.77. The van der Waals surface area contributed by atoms with Gasteiger partial charge in [-0.25, -0.2) is 0 Å². The van der Waals surface area contributed by atoms with Crippen molar-refractivity contribution in [2.24, 2.45) is 0 Å². The zero-order valence-electron chi connectivity index (χ0n) is 16.9. The van der Waals surface area contributed by atoms with Crippen LogP contribution in [0.2, 0.25) is 0 Å². The first-order valence-electron chi connectivity index (χ1n) is 8.81. The van der Waals surface area contributed by atoms with Gasteiger partial charge in [0, 0.05) is 11.1 Å². The first-order chi connectivity index (χ1) is 12.6. The molecule has 1 heterocycles. The highest BCUT2D eigenvalue weighted by atomic mass is 16.1. The van der Waals surface area contributed by atoms with Crippen molar-refractivity contribution in [2.45, 2.75) is 47.1 Å². The molecule has 0 aliphatic rings. The molecule has 2 rings (SSSR count). The summed E-state index contributed by atoms with van der Waals surface area (Å²) in [5.74, 6) is 0.490. The number of nitrogens with zero attached hydrogens (tertiary/aromatic N) is 4. The van der Waals surface area contributed by atoms with Crippen LogP contribution in [0.15, 0.2) is 48.6 Å². The SMILES string of the molecule is C=C/C(=C\C=C(C)C)c1cc(C(=O)NC(C)(C)C)cc(-n2nnnc2C)c1. The van der Waals surface area contributed by atoms with Gasteiger partial charge in [-0.15, -0.1) is 5.10 Å². The Kier molecular flexibility index (Phi) is 6.10. The van der Waals surface area contributed by atoms with Crippen molar-refractivity contribution in [3.8, 4) is 5.69 Å². The second-order valence-corrected chi connectivity index (χ2v) is 7.68. The predicted molar refractivity (Wildman–Crippen MR) is 109 cm³/mol. The lowest BCUT2D eigenvalue weighted by Gasteiger charge is -2.21. The number of allylic oxidation sites excluding steroid dienone is 5. The van der Waals surface area contributed by atoms with Gasteiger partial charge in [0.2, 0.25) is 0 Å². The molecule has 0 unspecified atom stereocenters. The van der Waals surface area contributed by atoms with Crippen molar-refractivity contribution in [1.82, 2.24) is 25.5 Å². The van der Waals surface area contributed by atoms with Crippen LogP contribution in [-0.4, -0.2) is 31.7 Å². The van der Waals surface area contributed by atoms with Gasteiger partial charge in [0.15, 0.2) is 5.82 Å². The van der Waals surface area contributed by atoms with E-state index in [2.05, 4.69) is 27.4 Å². The number of carbonyl (C=O) groups is 1. The maximum Gasteiger partial charge on any atom is 0.251 e. The van der Waals surface area contributed by atoms with E-state index in [0.717, 1.165) is 16.8 Å². The smallest absolute Gasteiger partial charge is 0.251 e. The Balaban J connectivity index is 2.63. The normalized spacial score (nSPS) is 11.9. The summed E-state index contributed by atoms with van der Waals surface area (Å²) >= 11 is 0. The highest BCUT2D eigenvalue weighted by molar-refractivity contribution is 5.96.